The highest BCUT2D eigenvalue weighted by Crippen LogP contribution is 2.39. The van der Waals surface area contributed by atoms with Gasteiger partial charge in [-0.3, -0.25) is 0 Å². The van der Waals surface area contributed by atoms with Gasteiger partial charge in [-0.25, -0.2) is 0 Å². The predicted molar refractivity (Wildman–Crippen MR) is 91.0 cm³/mol. The van der Waals surface area contributed by atoms with E-state index in [1.807, 2.05) is 32.0 Å². The van der Waals surface area contributed by atoms with E-state index in [-0.39, 0.29) is 11.0 Å². The number of fused-ring (bicyclic) bond motifs is 1. The minimum absolute atomic E-state index is 0.103. The predicted octanol–water partition coefficient (Wildman–Crippen LogP) is 3.28. The molecule has 1 aromatic heterocycles. The maximum absolute atomic E-state index is 10.4. The minimum Gasteiger partial charge on any atom is -0.493 e. The third-order valence-corrected chi connectivity index (χ3v) is 3.53. The summed E-state index contributed by atoms with van der Waals surface area (Å²) in [4.78, 5) is 0. The molecule has 0 saturated carbocycles. The molecule has 0 atom stereocenters. The average molecular weight is 320 g/mol. The van der Waals surface area contributed by atoms with E-state index in [4.69, 9.17) is 17.0 Å². The Labute approximate surface area is 134 Å². The van der Waals surface area contributed by atoms with Gasteiger partial charge in [0.2, 0.25) is 11.0 Å². The maximum atomic E-state index is 10.4. The standard InChI is InChI=1S/C15H20N4O2S/c1-4-19-12-6-5-10(2)9-11(12)13(14(19)20)17-18-15(22)16-7-8-21-3/h5-6,9,20H,4,7-8H2,1-3H3,(H,16,22). The highest BCUT2D eigenvalue weighted by atomic mass is 32.1. The quantitative estimate of drug-likeness (QED) is 0.504. The summed E-state index contributed by atoms with van der Waals surface area (Å²) in [6.45, 7) is 5.72. The molecule has 0 spiro atoms. The summed E-state index contributed by atoms with van der Waals surface area (Å²) in [5.74, 6) is 0.103. The Kier molecular flexibility index (Phi) is 5.46. The Balaban J connectivity index is 2.32. The molecule has 0 unspecified atom stereocenters. The fourth-order valence-electron chi connectivity index (χ4n) is 2.25. The lowest BCUT2D eigenvalue weighted by molar-refractivity contribution is 0.204. The van der Waals surface area contributed by atoms with Gasteiger partial charge in [-0.05, 0) is 38.2 Å². The second kappa shape index (κ2) is 7.33. The smallest absolute Gasteiger partial charge is 0.220 e. The van der Waals surface area contributed by atoms with Crippen molar-refractivity contribution < 1.29 is 9.84 Å². The van der Waals surface area contributed by atoms with Crippen LogP contribution in [0.25, 0.3) is 10.9 Å². The molecule has 0 saturated heterocycles. The van der Waals surface area contributed by atoms with E-state index in [2.05, 4.69) is 15.5 Å². The van der Waals surface area contributed by atoms with Crippen molar-refractivity contribution in [3.63, 3.8) is 0 Å². The number of nitrogens with zero attached hydrogens (tertiary/aromatic N) is 3. The summed E-state index contributed by atoms with van der Waals surface area (Å²) in [7, 11) is 1.62. The van der Waals surface area contributed by atoms with Crippen LogP contribution in [-0.4, -0.2) is 35.0 Å². The molecule has 6 nitrogen and oxygen atoms in total. The topological polar surface area (TPSA) is 71.1 Å². The Morgan fingerprint density at radius 2 is 2.23 bits per heavy atom. The lowest BCUT2D eigenvalue weighted by Crippen LogP contribution is -2.23. The largest absolute Gasteiger partial charge is 0.493 e. The second-order valence-electron chi connectivity index (χ2n) is 4.86. The molecule has 0 bridgehead atoms. The van der Waals surface area contributed by atoms with Crippen molar-refractivity contribution in [1.29, 1.82) is 0 Å². The van der Waals surface area contributed by atoms with Crippen LogP contribution in [0.1, 0.15) is 12.5 Å². The third-order valence-electron chi connectivity index (χ3n) is 3.30. The number of nitrogens with one attached hydrogen (secondary N) is 1. The lowest BCUT2D eigenvalue weighted by atomic mass is 10.1. The molecule has 0 aliphatic carbocycles. The van der Waals surface area contributed by atoms with Crippen LogP contribution in [0.4, 0.5) is 5.69 Å². The fourth-order valence-corrected chi connectivity index (χ4v) is 2.39. The third kappa shape index (κ3) is 3.42. The molecule has 22 heavy (non-hydrogen) atoms. The van der Waals surface area contributed by atoms with E-state index in [1.54, 1.807) is 11.7 Å². The number of hydrogen-bond acceptors (Lipinski definition) is 4. The molecule has 1 aromatic carbocycles. The number of hydrogen-bond donors (Lipinski definition) is 2. The van der Waals surface area contributed by atoms with E-state index >= 15 is 0 Å². The summed E-state index contributed by atoms with van der Waals surface area (Å²) in [5, 5.41) is 22.5. The molecular formula is C15H20N4O2S. The number of ether oxygens (including phenoxy) is 1. The van der Waals surface area contributed by atoms with Gasteiger partial charge in [-0.2, -0.15) is 0 Å². The molecule has 2 rings (SSSR count). The summed E-state index contributed by atoms with van der Waals surface area (Å²) in [6.07, 6.45) is 0. The van der Waals surface area contributed by atoms with Gasteiger partial charge in [0.15, 0.2) is 5.69 Å². The Morgan fingerprint density at radius 1 is 1.45 bits per heavy atom. The lowest BCUT2D eigenvalue weighted by Gasteiger charge is -2.02. The van der Waals surface area contributed by atoms with Crippen molar-refractivity contribution in [2.24, 2.45) is 10.2 Å². The van der Waals surface area contributed by atoms with Crippen molar-refractivity contribution in [2.45, 2.75) is 20.4 Å². The van der Waals surface area contributed by atoms with Crippen LogP contribution in [0.15, 0.2) is 28.4 Å². The SMILES string of the molecule is CCn1c(O)c(N=NC(=S)NCCOC)c2cc(C)ccc21. The average Bonchev–Trinajstić information content (AvgIpc) is 2.76. The van der Waals surface area contributed by atoms with Gasteiger partial charge < -0.3 is 19.7 Å². The molecule has 0 aliphatic rings. The highest BCUT2D eigenvalue weighted by Gasteiger charge is 2.15. The van der Waals surface area contributed by atoms with Crippen LogP contribution >= 0.6 is 12.2 Å². The van der Waals surface area contributed by atoms with Crippen LogP contribution in [0.2, 0.25) is 0 Å². The first-order chi connectivity index (χ1) is 10.6. The van der Waals surface area contributed by atoms with E-state index in [9.17, 15) is 5.11 Å². The van der Waals surface area contributed by atoms with Crippen molar-refractivity contribution in [3.8, 4) is 5.88 Å². The van der Waals surface area contributed by atoms with Crippen LogP contribution in [-0.2, 0) is 11.3 Å². The van der Waals surface area contributed by atoms with Crippen molar-refractivity contribution in [1.82, 2.24) is 9.88 Å². The minimum atomic E-state index is 0.103. The van der Waals surface area contributed by atoms with E-state index < -0.39 is 0 Å². The van der Waals surface area contributed by atoms with Gasteiger partial charge in [-0.1, -0.05) is 11.6 Å². The van der Waals surface area contributed by atoms with Crippen molar-refractivity contribution >= 4 is 33.9 Å². The molecule has 0 fully saturated rings. The zero-order valence-corrected chi connectivity index (χ0v) is 13.8. The number of aromatic hydroxyl groups is 1. The Hall–Kier alpha value is -1.99. The number of azo groups is 1. The Bertz CT molecular complexity index is 709. The number of rotatable bonds is 5. The van der Waals surface area contributed by atoms with Crippen molar-refractivity contribution in [3.05, 3.63) is 23.8 Å². The van der Waals surface area contributed by atoms with Crippen LogP contribution in [0, 0.1) is 6.92 Å². The van der Waals surface area contributed by atoms with Gasteiger partial charge in [0.25, 0.3) is 0 Å². The second-order valence-corrected chi connectivity index (χ2v) is 5.25. The van der Waals surface area contributed by atoms with Gasteiger partial charge in [0, 0.05) is 25.6 Å². The van der Waals surface area contributed by atoms with Crippen LogP contribution in [0.5, 0.6) is 5.88 Å². The Morgan fingerprint density at radius 3 is 2.91 bits per heavy atom. The normalized spacial score (nSPS) is 11.4. The van der Waals surface area contributed by atoms with Crippen LogP contribution < -0.4 is 5.32 Å². The number of aryl methyl sites for hydroxylation is 2. The summed E-state index contributed by atoms with van der Waals surface area (Å²) >= 11 is 5.08. The van der Waals surface area contributed by atoms with Gasteiger partial charge in [0.05, 0.1) is 12.1 Å². The molecule has 0 radical (unpaired) electrons. The number of aromatic nitrogens is 1. The highest BCUT2D eigenvalue weighted by molar-refractivity contribution is 7.80. The van der Waals surface area contributed by atoms with Crippen LogP contribution in [0.3, 0.4) is 0 Å². The molecule has 2 aromatic rings. The number of benzene rings is 1. The van der Waals surface area contributed by atoms with E-state index in [1.165, 1.54) is 0 Å². The number of thiocarbonyl (C=S) groups is 1. The number of methoxy groups -OCH3 is 1. The fraction of sp³-hybridized carbons (Fsp3) is 0.400. The molecule has 0 amide bonds. The molecule has 1 heterocycles. The van der Waals surface area contributed by atoms with E-state index in [0.717, 1.165) is 16.5 Å². The molecule has 0 aliphatic heterocycles. The molecule has 7 heteroatoms. The van der Waals surface area contributed by atoms with Gasteiger partial charge in [0.1, 0.15) is 0 Å². The first-order valence-corrected chi connectivity index (χ1v) is 7.49. The van der Waals surface area contributed by atoms with E-state index in [0.29, 0.717) is 25.4 Å². The van der Waals surface area contributed by atoms with Gasteiger partial charge in [-0.15, -0.1) is 10.2 Å². The molecule has 118 valence electrons. The van der Waals surface area contributed by atoms with Gasteiger partial charge >= 0.3 is 0 Å². The summed E-state index contributed by atoms with van der Waals surface area (Å²) < 4.78 is 6.72. The van der Waals surface area contributed by atoms with Crippen molar-refractivity contribution in [2.75, 3.05) is 20.3 Å². The molecule has 2 N–H and O–H groups in total. The monoisotopic (exact) mass is 320 g/mol. The summed E-state index contributed by atoms with van der Waals surface area (Å²) in [6, 6.07) is 5.96. The first-order valence-electron chi connectivity index (χ1n) is 7.08. The first kappa shape index (κ1) is 16.4. The maximum Gasteiger partial charge on any atom is 0.220 e. The zero-order chi connectivity index (χ0) is 16.1. The molecular weight excluding hydrogens is 300 g/mol. The zero-order valence-electron chi connectivity index (χ0n) is 13.0. The summed E-state index contributed by atoms with van der Waals surface area (Å²) in [5.41, 5.74) is 2.47.